The molecule has 0 amide bonds. The van der Waals surface area contributed by atoms with Gasteiger partial charge in [0.1, 0.15) is 5.82 Å². The highest BCUT2D eigenvalue weighted by Gasteiger charge is 2.21. The molecule has 2 aliphatic rings. The average Bonchev–Trinajstić information content (AvgIpc) is 3.19. The van der Waals surface area contributed by atoms with Crippen LogP contribution in [-0.2, 0) is 6.54 Å². The normalized spacial score (nSPS) is 17.6. The van der Waals surface area contributed by atoms with Gasteiger partial charge in [-0.05, 0) is 43.4 Å². The topological polar surface area (TPSA) is 36.3 Å². The molecule has 1 saturated carbocycles. The minimum Gasteiger partial charge on any atom is -0.454 e. The maximum Gasteiger partial charge on any atom is 0.231 e. The molecular formula is C17H20N2O2. The molecule has 1 aliphatic heterocycles. The molecular weight excluding hydrogens is 264 g/mol. The zero-order valence-corrected chi connectivity index (χ0v) is 12.3. The molecule has 1 aromatic carbocycles. The molecule has 1 aliphatic carbocycles. The number of imidazole rings is 1. The van der Waals surface area contributed by atoms with Crippen LogP contribution in [0.15, 0.2) is 24.5 Å². The molecule has 1 aromatic heterocycles. The van der Waals surface area contributed by atoms with Crippen LogP contribution in [0.3, 0.4) is 0 Å². The third-order valence-corrected chi connectivity index (χ3v) is 4.61. The first-order valence-electron chi connectivity index (χ1n) is 7.73. The van der Waals surface area contributed by atoms with Crippen molar-refractivity contribution in [3.05, 3.63) is 30.1 Å². The summed E-state index contributed by atoms with van der Waals surface area (Å²) in [6.45, 7) is 3.49. The van der Waals surface area contributed by atoms with Gasteiger partial charge in [-0.25, -0.2) is 4.98 Å². The highest BCUT2D eigenvalue weighted by Crippen LogP contribution is 2.38. The maximum absolute atomic E-state index is 5.51. The molecule has 4 rings (SSSR count). The number of aromatic nitrogens is 2. The number of ether oxygens (including phenoxy) is 2. The van der Waals surface area contributed by atoms with E-state index in [9.17, 15) is 0 Å². The van der Waals surface area contributed by atoms with Gasteiger partial charge in [0.05, 0.1) is 0 Å². The lowest BCUT2D eigenvalue weighted by atomic mass is 10.1. The predicted octanol–water partition coefficient (Wildman–Crippen LogP) is 3.78. The molecule has 0 radical (unpaired) electrons. The van der Waals surface area contributed by atoms with E-state index in [1.807, 2.05) is 12.3 Å². The third-order valence-electron chi connectivity index (χ3n) is 4.61. The van der Waals surface area contributed by atoms with Gasteiger partial charge >= 0.3 is 0 Å². The summed E-state index contributed by atoms with van der Waals surface area (Å²) in [5.74, 6) is 3.50. The first-order valence-corrected chi connectivity index (χ1v) is 7.73. The van der Waals surface area contributed by atoms with Gasteiger partial charge in [0.15, 0.2) is 11.5 Å². The van der Waals surface area contributed by atoms with E-state index < -0.39 is 0 Å². The first kappa shape index (κ1) is 12.7. The van der Waals surface area contributed by atoms with Gasteiger partial charge < -0.3 is 14.0 Å². The molecule has 4 heteroatoms. The Balaban J connectivity index is 1.69. The Hall–Kier alpha value is -1.97. The van der Waals surface area contributed by atoms with Crippen LogP contribution in [0.25, 0.3) is 11.4 Å². The van der Waals surface area contributed by atoms with Gasteiger partial charge in [0.2, 0.25) is 6.79 Å². The number of benzene rings is 1. The Morgan fingerprint density at radius 1 is 1.19 bits per heavy atom. The summed E-state index contributed by atoms with van der Waals surface area (Å²) >= 11 is 0. The number of nitrogens with zero attached hydrogens (tertiary/aromatic N) is 2. The van der Waals surface area contributed by atoms with Crippen LogP contribution in [-0.4, -0.2) is 16.3 Å². The molecule has 21 heavy (non-hydrogen) atoms. The Morgan fingerprint density at radius 3 is 2.76 bits per heavy atom. The van der Waals surface area contributed by atoms with E-state index in [1.165, 1.54) is 31.2 Å². The molecule has 0 bridgehead atoms. The standard InChI is InChI=1S/C17H20N2O2/c1-12-8-15-16(21-11-20-15)9-14(12)17-18-6-7-19(17)10-13-4-2-3-5-13/h6-9,13H,2-5,10-11H2,1H3. The lowest BCUT2D eigenvalue weighted by Crippen LogP contribution is -2.08. The van der Waals surface area contributed by atoms with E-state index in [0.29, 0.717) is 6.79 Å². The Labute approximate surface area is 124 Å². The van der Waals surface area contributed by atoms with Crippen LogP contribution in [0.1, 0.15) is 31.2 Å². The number of hydrogen-bond acceptors (Lipinski definition) is 3. The molecule has 2 aromatic rings. The lowest BCUT2D eigenvalue weighted by molar-refractivity contribution is 0.174. The summed E-state index contributed by atoms with van der Waals surface area (Å²) < 4.78 is 13.2. The van der Waals surface area contributed by atoms with E-state index in [-0.39, 0.29) is 0 Å². The van der Waals surface area contributed by atoms with E-state index >= 15 is 0 Å². The zero-order valence-electron chi connectivity index (χ0n) is 12.3. The van der Waals surface area contributed by atoms with Crippen molar-refractivity contribution in [2.45, 2.75) is 39.2 Å². The van der Waals surface area contributed by atoms with Crippen molar-refractivity contribution < 1.29 is 9.47 Å². The molecule has 2 heterocycles. The second kappa shape index (κ2) is 5.10. The lowest BCUT2D eigenvalue weighted by Gasteiger charge is -2.14. The quantitative estimate of drug-likeness (QED) is 0.860. The van der Waals surface area contributed by atoms with Crippen molar-refractivity contribution in [2.24, 2.45) is 5.92 Å². The van der Waals surface area contributed by atoms with Crippen LogP contribution in [0.2, 0.25) is 0 Å². The van der Waals surface area contributed by atoms with Gasteiger partial charge in [-0.3, -0.25) is 0 Å². The van der Waals surface area contributed by atoms with Crippen molar-refractivity contribution in [2.75, 3.05) is 6.79 Å². The van der Waals surface area contributed by atoms with Crippen LogP contribution in [0.4, 0.5) is 0 Å². The van der Waals surface area contributed by atoms with Crippen molar-refractivity contribution in [1.82, 2.24) is 9.55 Å². The van der Waals surface area contributed by atoms with Crippen LogP contribution in [0.5, 0.6) is 11.5 Å². The summed E-state index contributed by atoms with van der Waals surface area (Å²) in [4.78, 5) is 4.58. The summed E-state index contributed by atoms with van der Waals surface area (Å²) in [5.41, 5.74) is 2.32. The molecule has 4 nitrogen and oxygen atoms in total. The van der Waals surface area contributed by atoms with Crippen LogP contribution < -0.4 is 9.47 Å². The Morgan fingerprint density at radius 2 is 1.95 bits per heavy atom. The third kappa shape index (κ3) is 2.28. The number of aryl methyl sites for hydroxylation is 1. The van der Waals surface area contributed by atoms with Crippen LogP contribution >= 0.6 is 0 Å². The fraction of sp³-hybridized carbons (Fsp3) is 0.471. The fourth-order valence-electron chi connectivity index (χ4n) is 3.46. The second-order valence-corrected chi connectivity index (χ2v) is 6.07. The zero-order chi connectivity index (χ0) is 14.2. The molecule has 0 saturated heterocycles. The monoisotopic (exact) mass is 284 g/mol. The van der Waals surface area contributed by atoms with Gasteiger partial charge in [-0.15, -0.1) is 0 Å². The minimum absolute atomic E-state index is 0.314. The Kier molecular flexibility index (Phi) is 3.09. The number of rotatable bonds is 3. The van der Waals surface area contributed by atoms with Gasteiger partial charge in [-0.2, -0.15) is 0 Å². The molecule has 0 atom stereocenters. The SMILES string of the molecule is Cc1cc2c(cc1-c1nccn1CC1CCCC1)OCO2. The highest BCUT2D eigenvalue weighted by atomic mass is 16.7. The maximum atomic E-state index is 5.51. The van der Waals surface area contributed by atoms with E-state index in [2.05, 4.69) is 28.7 Å². The summed E-state index contributed by atoms with van der Waals surface area (Å²) in [6, 6.07) is 4.11. The summed E-state index contributed by atoms with van der Waals surface area (Å²) in [6.07, 6.45) is 9.43. The van der Waals surface area contributed by atoms with Crippen LogP contribution in [0, 0.1) is 12.8 Å². The van der Waals surface area contributed by atoms with Gasteiger partial charge in [-0.1, -0.05) is 12.8 Å². The largest absolute Gasteiger partial charge is 0.454 e. The van der Waals surface area contributed by atoms with E-state index in [1.54, 1.807) is 0 Å². The molecule has 0 unspecified atom stereocenters. The smallest absolute Gasteiger partial charge is 0.231 e. The Bertz CT molecular complexity index is 657. The van der Waals surface area contributed by atoms with Crippen molar-refractivity contribution >= 4 is 0 Å². The van der Waals surface area contributed by atoms with Crippen molar-refractivity contribution in [3.8, 4) is 22.9 Å². The van der Waals surface area contributed by atoms with E-state index in [0.717, 1.165) is 35.3 Å². The van der Waals surface area contributed by atoms with Crippen molar-refractivity contribution in [3.63, 3.8) is 0 Å². The molecule has 110 valence electrons. The molecule has 0 N–H and O–H groups in total. The number of hydrogen-bond donors (Lipinski definition) is 0. The van der Waals surface area contributed by atoms with Gasteiger partial charge in [0, 0.05) is 24.5 Å². The minimum atomic E-state index is 0.314. The summed E-state index contributed by atoms with van der Waals surface area (Å²) in [7, 11) is 0. The molecule has 0 spiro atoms. The summed E-state index contributed by atoms with van der Waals surface area (Å²) in [5, 5.41) is 0. The van der Waals surface area contributed by atoms with Crippen molar-refractivity contribution in [1.29, 1.82) is 0 Å². The highest BCUT2D eigenvalue weighted by molar-refractivity contribution is 5.66. The average molecular weight is 284 g/mol. The fourth-order valence-corrected chi connectivity index (χ4v) is 3.46. The predicted molar refractivity (Wildman–Crippen MR) is 80.5 cm³/mol. The van der Waals surface area contributed by atoms with E-state index in [4.69, 9.17) is 9.47 Å². The number of fused-ring (bicyclic) bond motifs is 1. The first-order chi connectivity index (χ1) is 10.3. The van der Waals surface area contributed by atoms with Gasteiger partial charge in [0.25, 0.3) is 0 Å². The second-order valence-electron chi connectivity index (χ2n) is 6.07. The molecule has 1 fully saturated rings.